The van der Waals surface area contributed by atoms with Gasteiger partial charge in [0.25, 0.3) is 5.91 Å². The molecule has 0 atom stereocenters. The normalized spacial score (nSPS) is 10.8. The van der Waals surface area contributed by atoms with Crippen molar-refractivity contribution in [2.24, 2.45) is 0 Å². The highest BCUT2D eigenvalue weighted by molar-refractivity contribution is 6.11. The van der Waals surface area contributed by atoms with E-state index < -0.39 is 0 Å². The second-order valence-corrected chi connectivity index (χ2v) is 7.25. The summed E-state index contributed by atoms with van der Waals surface area (Å²) in [5, 5.41) is 10.9. The van der Waals surface area contributed by atoms with Crippen LogP contribution in [-0.2, 0) is 6.54 Å². The monoisotopic (exact) mass is 415 g/mol. The van der Waals surface area contributed by atoms with Gasteiger partial charge in [0.15, 0.2) is 11.5 Å². The summed E-state index contributed by atoms with van der Waals surface area (Å²) < 4.78 is 7.17. The number of fused-ring (bicyclic) bond motifs is 1. The van der Waals surface area contributed by atoms with Crippen LogP contribution in [0, 0.1) is 13.8 Å². The van der Waals surface area contributed by atoms with Crippen LogP contribution in [0.3, 0.4) is 0 Å². The van der Waals surface area contributed by atoms with E-state index in [1.807, 2.05) is 81.4 Å². The number of carbonyl (C=O) groups is 1. The Labute approximate surface area is 181 Å². The average molecular weight is 415 g/mol. The minimum Gasteiger partial charge on any atom is -0.494 e. The van der Waals surface area contributed by atoms with E-state index in [0.717, 1.165) is 22.7 Å². The summed E-state index contributed by atoms with van der Waals surface area (Å²) in [6, 6.07) is 19.2. The number of aryl methyl sites for hydroxylation is 2. The largest absolute Gasteiger partial charge is 0.494 e. The topological polar surface area (TPSA) is 80.5 Å². The number of nitrogens with one attached hydrogen (secondary N) is 2. The highest BCUT2D eigenvalue weighted by atomic mass is 16.5. The molecule has 0 aliphatic carbocycles. The molecule has 2 aromatic carbocycles. The number of benzene rings is 2. The fourth-order valence-electron chi connectivity index (χ4n) is 3.43. The first-order valence-electron chi connectivity index (χ1n) is 10.2. The second kappa shape index (κ2) is 8.87. The number of amides is 1. The zero-order valence-electron chi connectivity index (χ0n) is 17.8. The van der Waals surface area contributed by atoms with Crippen LogP contribution in [0.2, 0.25) is 0 Å². The van der Waals surface area contributed by atoms with Crippen LogP contribution in [0.1, 0.15) is 34.2 Å². The van der Waals surface area contributed by atoms with Gasteiger partial charge in [0.1, 0.15) is 11.3 Å². The molecule has 2 aromatic heterocycles. The van der Waals surface area contributed by atoms with Crippen LogP contribution < -0.4 is 15.4 Å². The molecule has 2 heterocycles. The Morgan fingerprint density at radius 2 is 1.81 bits per heavy atom. The van der Waals surface area contributed by atoms with Crippen LogP contribution in [0.15, 0.2) is 60.7 Å². The van der Waals surface area contributed by atoms with Gasteiger partial charge in [-0.1, -0.05) is 30.3 Å². The SMILES string of the molecule is CCOc1ccc(NC(=O)c2c(NCc3ccccc3)nn3c(C)cc(C)nc23)cc1. The Bertz CT molecular complexity index is 1200. The Morgan fingerprint density at radius 3 is 2.52 bits per heavy atom. The number of hydrogen-bond acceptors (Lipinski definition) is 5. The number of ether oxygens (including phenoxy) is 1. The van der Waals surface area contributed by atoms with Gasteiger partial charge < -0.3 is 15.4 Å². The maximum Gasteiger partial charge on any atom is 0.263 e. The van der Waals surface area contributed by atoms with Gasteiger partial charge in [-0.25, -0.2) is 9.50 Å². The average Bonchev–Trinajstić information content (AvgIpc) is 3.13. The van der Waals surface area contributed by atoms with Gasteiger partial charge in [-0.3, -0.25) is 4.79 Å². The molecule has 4 aromatic rings. The molecule has 1 amide bonds. The van der Waals surface area contributed by atoms with Gasteiger partial charge in [0.05, 0.1) is 6.61 Å². The molecule has 0 aliphatic heterocycles. The molecule has 7 heteroatoms. The van der Waals surface area contributed by atoms with E-state index in [-0.39, 0.29) is 5.91 Å². The summed E-state index contributed by atoms with van der Waals surface area (Å²) in [5.41, 5.74) is 4.44. The van der Waals surface area contributed by atoms with Crippen LogP contribution in [0.4, 0.5) is 11.5 Å². The number of rotatable bonds is 7. The van der Waals surface area contributed by atoms with Gasteiger partial charge in [-0.2, -0.15) is 0 Å². The van der Waals surface area contributed by atoms with Crippen LogP contribution in [0.5, 0.6) is 5.75 Å². The third-order valence-corrected chi connectivity index (χ3v) is 4.85. The standard InChI is InChI=1S/C24H25N5O2/c1-4-31-20-12-10-19(11-13-20)27-24(30)21-22(25-15-18-8-6-5-7-9-18)28-29-17(3)14-16(2)26-23(21)29/h5-14H,4,15H2,1-3H3,(H,25,28)(H,27,30). The van der Waals surface area contributed by atoms with Gasteiger partial charge in [0.2, 0.25) is 0 Å². The van der Waals surface area contributed by atoms with E-state index in [2.05, 4.69) is 20.7 Å². The number of hydrogen-bond donors (Lipinski definition) is 2. The smallest absolute Gasteiger partial charge is 0.263 e. The lowest BCUT2D eigenvalue weighted by Crippen LogP contribution is -2.15. The van der Waals surface area contributed by atoms with E-state index in [1.54, 1.807) is 4.52 Å². The fraction of sp³-hybridized carbons (Fsp3) is 0.208. The van der Waals surface area contributed by atoms with E-state index in [1.165, 1.54) is 0 Å². The molecule has 31 heavy (non-hydrogen) atoms. The number of carbonyl (C=O) groups excluding carboxylic acids is 1. The third-order valence-electron chi connectivity index (χ3n) is 4.85. The molecular formula is C24H25N5O2. The Hall–Kier alpha value is -3.87. The molecule has 0 spiro atoms. The second-order valence-electron chi connectivity index (χ2n) is 7.25. The number of anilines is 2. The van der Waals surface area contributed by atoms with Crippen molar-refractivity contribution in [3.05, 3.63) is 83.2 Å². The molecule has 0 saturated carbocycles. The Balaban J connectivity index is 1.67. The minimum atomic E-state index is -0.271. The lowest BCUT2D eigenvalue weighted by atomic mass is 10.2. The van der Waals surface area contributed by atoms with Crippen molar-refractivity contribution in [2.75, 3.05) is 17.2 Å². The molecule has 0 fully saturated rings. The van der Waals surface area contributed by atoms with Gasteiger partial charge in [-0.05, 0) is 56.7 Å². The van der Waals surface area contributed by atoms with Gasteiger partial charge in [0, 0.05) is 23.6 Å². The summed E-state index contributed by atoms with van der Waals surface area (Å²) in [5.74, 6) is 0.982. The fourth-order valence-corrected chi connectivity index (χ4v) is 3.43. The first-order chi connectivity index (χ1) is 15.0. The highest BCUT2D eigenvalue weighted by Gasteiger charge is 2.22. The van der Waals surface area contributed by atoms with E-state index >= 15 is 0 Å². The molecule has 2 N–H and O–H groups in total. The summed E-state index contributed by atoms with van der Waals surface area (Å²) in [4.78, 5) is 17.9. The van der Waals surface area contributed by atoms with Crippen molar-refractivity contribution in [1.82, 2.24) is 14.6 Å². The molecule has 0 saturated heterocycles. The van der Waals surface area contributed by atoms with Crippen molar-refractivity contribution in [2.45, 2.75) is 27.3 Å². The van der Waals surface area contributed by atoms with Crippen molar-refractivity contribution >= 4 is 23.1 Å². The predicted molar refractivity (Wildman–Crippen MR) is 122 cm³/mol. The van der Waals surface area contributed by atoms with E-state index in [0.29, 0.717) is 35.9 Å². The predicted octanol–water partition coefficient (Wildman–Crippen LogP) is 4.61. The van der Waals surface area contributed by atoms with Crippen LogP contribution in [0.25, 0.3) is 5.65 Å². The Morgan fingerprint density at radius 1 is 1.06 bits per heavy atom. The first-order valence-corrected chi connectivity index (χ1v) is 10.2. The van der Waals surface area contributed by atoms with Crippen molar-refractivity contribution in [3.8, 4) is 5.75 Å². The van der Waals surface area contributed by atoms with E-state index in [4.69, 9.17) is 4.74 Å². The number of aromatic nitrogens is 3. The van der Waals surface area contributed by atoms with Crippen LogP contribution >= 0.6 is 0 Å². The highest BCUT2D eigenvalue weighted by Crippen LogP contribution is 2.24. The molecule has 0 unspecified atom stereocenters. The van der Waals surface area contributed by atoms with Crippen molar-refractivity contribution in [1.29, 1.82) is 0 Å². The minimum absolute atomic E-state index is 0.271. The van der Waals surface area contributed by atoms with Crippen molar-refractivity contribution < 1.29 is 9.53 Å². The quantitative estimate of drug-likeness (QED) is 0.461. The van der Waals surface area contributed by atoms with Gasteiger partial charge in [-0.15, -0.1) is 5.10 Å². The summed E-state index contributed by atoms with van der Waals surface area (Å²) in [6.07, 6.45) is 0. The van der Waals surface area contributed by atoms with Crippen LogP contribution in [-0.4, -0.2) is 27.1 Å². The molecule has 0 aliphatic rings. The lowest BCUT2D eigenvalue weighted by molar-refractivity contribution is 0.102. The molecular weight excluding hydrogens is 390 g/mol. The molecule has 0 radical (unpaired) electrons. The summed E-state index contributed by atoms with van der Waals surface area (Å²) >= 11 is 0. The molecule has 158 valence electrons. The third kappa shape index (κ3) is 4.50. The summed E-state index contributed by atoms with van der Waals surface area (Å²) in [7, 11) is 0. The molecule has 4 rings (SSSR count). The van der Waals surface area contributed by atoms with E-state index in [9.17, 15) is 4.79 Å². The Kier molecular flexibility index (Phi) is 5.84. The maximum absolute atomic E-state index is 13.3. The first kappa shape index (κ1) is 20.4. The molecule has 0 bridgehead atoms. The summed E-state index contributed by atoms with van der Waals surface area (Å²) in [6.45, 7) is 6.93. The molecule has 7 nitrogen and oxygen atoms in total. The van der Waals surface area contributed by atoms with Gasteiger partial charge >= 0.3 is 0 Å². The zero-order chi connectivity index (χ0) is 21.8. The van der Waals surface area contributed by atoms with Crippen molar-refractivity contribution in [3.63, 3.8) is 0 Å². The number of nitrogens with zero attached hydrogens (tertiary/aromatic N) is 3. The zero-order valence-corrected chi connectivity index (χ0v) is 17.8. The maximum atomic E-state index is 13.3. The lowest BCUT2D eigenvalue weighted by Gasteiger charge is -2.09.